The van der Waals surface area contributed by atoms with Crippen molar-refractivity contribution in [3.63, 3.8) is 0 Å². The molecule has 5 N–H and O–H groups in total. The lowest BCUT2D eigenvalue weighted by Crippen LogP contribution is -2.47. The number of aryl methyl sites for hydroxylation is 2. The van der Waals surface area contributed by atoms with Gasteiger partial charge < -0.3 is 21.1 Å². The molecular weight excluding hydrogens is 663 g/mol. The van der Waals surface area contributed by atoms with E-state index in [1.165, 1.54) is 12.1 Å². The summed E-state index contributed by atoms with van der Waals surface area (Å²) in [6, 6.07) is 15.6. The van der Waals surface area contributed by atoms with Gasteiger partial charge in [0, 0.05) is 52.4 Å². The number of halogens is 2. The molecule has 1 fully saturated rings. The van der Waals surface area contributed by atoms with E-state index in [0.717, 1.165) is 20.9 Å². The van der Waals surface area contributed by atoms with Crippen LogP contribution in [0, 0.1) is 19.3 Å². The summed E-state index contributed by atoms with van der Waals surface area (Å²) >= 11 is 13.2. The Morgan fingerprint density at radius 2 is 1.74 bits per heavy atom. The maximum atomic E-state index is 13.9. The van der Waals surface area contributed by atoms with Gasteiger partial charge in [-0.15, -0.1) is 0 Å². The number of nitrogen functional groups attached to an aromatic ring is 1. The third-order valence-electron chi connectivity index (χ3n) is 7.92. The first-order chi connectivity index (χ1) is 22.4. The molecule has 1 aromatic heterocycles. The number of nitrogens with two attached hydrogens (primary N) is 1. The molecule has 1 atom stereocenters. The van der Waals surface area contributed by atoms with E-state index in [0.29, 0.717) is 40.8 Å². The fourth-order valence-electron chi connectivity index (χ4n) is 5.53. The molecule has 14 heteroatoms. The van der Waals surface area contributed by atoms with Crippen LogP contribution < -0.4 is 21.1 Å². The smallest absolute Gasteiger partial charge is 0.251 e. The molecule has 246 valence electrons. The lowest BCUT2D eigenvalue weighted by atomic mass is 10.1. The molecule has 1 aliphatic heterocycles. The molecule has 11 nitrogen and oxygen atoms in total. The van der Waals surface area contributed by atoms with E-state index in [1.54, 1.807) is 30.3 Å². The summed E-state index contributed by atoms with van der Waals surface area (Å²) in [4.78, 5) is 30.0. The van der Waals surface area contributed by atoms with Gasteiger partial charge in [0.15, 0.2) is 0 Å². The van der Waals surface area contributed by atoms with E-state index in [2.05, 4.69) is 15.6 Å². The molecule has 1 saturated heterocycles. The number of rotatable bonds is 11. The fraction of sp³-hybridized carbons (Fsp3) is 0.273. The summed E-state index contributed by atoms with van der Waals surface area (Å²) in [5, 5.41) is 14.0. The van der Waals surface area contributed by atoms with Gasteiger partial charge in [-0.1, -0.05) is 47.5 Å². The summed E-state index contributed by atoms with van der Waals surface area (Å²) in [7, 11) is -4.20. The predicted molar refractivity (Wildman–Crippen MR) is 182 cm³/mol. The Bertz CT molecular complexity index is 1970. The number of hydrogen-bond acceptors (Lipinski definition) is 7. The van der Waals surface area contributed by atoms with Crippen molar-refractivity contribution in [1.29, 1.82) is 5.41 Å². The van der Waals surface area contributed by atoms with Crippen molar-refractivity contribution >= 4 is 61.8 Å². The van der Waals surface area contributed by atoms with Gasteiger partial charge >= 0.3 is 0 Å². The van der Waals surface area contributed by atoms with Crippen molar-refractivity contribution in [3.05, 3.63) is 98.7 Å². The van der Waals surface area contributed by atoms with Crippen molar-refractivity contribution in [2.24, 2.45) is 5.73 Å². The zero-order valence-electron chi connectivity index (χ0n) is 25.8. The molecule has 0 saturated carbocycles. The van der Waals surface area contributed by atoms with E-state index < -0.39 is 22.0 Å². The number of amides is 2. The molecule has 0 aliphatic carbocycles. The van der Waals surface area contributed by atoms with Crippen LogP contribution in [0.25, 0.3) is 10.9 Å². The Morgan fingerprint density at radius 3 is 2.47 bits per heavy atom. The number of amidine groups is 1. The monoisotopic (exact) mass is 696 g/mol. The van der Waals surface area contributed by atoms with Crippen LogP contribution in [0.15, 0.2) is 65.6 Å². The van der Waals surface area contributed by atoms with Crippen LogP contribution in [0.1, 0.15) is 45.6 Å². The summed E-state index contributed by atoms with van der Waals surface area (Å²) in [6.45, 7) is 4.13. The van der Waals surface area contributed by atoms with Gasteiger partial charge in [0.25, 0.3) is 5.91 Å². The molecule has 0 bridgehead atoms. The lowest BCUT2D eigenvalue weighted by molar-refractivity contribution is -0.124. The second kappa shape index (κ2) is 14.3. The molecule has 4 aromatic rings. The number of benzene rings is 3. The summed E-state index contributed by atoms with van der Waals surface area (Å²) in [5.74, 6) is -0.435. The number of carbonyl (C=O) groups excluding carboxylic acids is 2. The maximum Gasteiger partial charge on any atom is 0.251 e. The van der Waals surface area contributed by atoms with Gasteiger partial charge in [0.1, 0.15) is 34.6 Å². The quantitative estimate of drug-likeness (QED) is 0.1000. The Morgan fingerprint density at radius 1 is 1.04 bits per heavy atom. The minimum Gasteiger partial charge on any atom is -0.487 e. The molecular formula is C33H34Cl2N6O5S. The van der Waals surface area contributed by atoms with Gasteiger partial charge in [-0.25, -0.2) is 13.4 Å². The molecule has 5 rings (SSSR count). The molecule has 0 spiro atoms. The number of ether oxygens (including phenoxy) is 1. The number of nitrogens with one attached hydrogen (secondary N) is 3. The summed E-state index contributed by atoms with van der Waals surface area (Å²) in [5.41, 5.74) is 9.17. The lowest BCUT2D eigenvalue weighted by Gasteiger charge is -2.24. The van der Waals surface area contributed by atoms with Crippen molar-refractivity contribution in [2.45, 2.75) is 44.2 Å². The second-order valence-electron chi connectivity index (χ2n) is 11.2. The first-order valence-electron chi connectivity index (χ1n) is 14.9. The zero-order valence-corrected chi connectivity index (χ0v) is 28.1. The highest BCUT2D eigenvalue weighted by Gasteiger charge is 2.40. The zero-order chi connectivity index (χ0) is 33.9. The van der Waals surface area contributed by atoms with Crippen molar-refractivity contribution in [3.8, 4) is 5.75 Å². The normalized spacial score (nSPS) is 15.0. The van der Waals surface area contributed by atoms with Gasteiger partial charge in [0.2, 0.25) is 15.9 Å². The average molecular weight is 698 g/mol. The fourth-order valence-corrected chi connectivity index (χ4v) is 8.05. The molecule has 3 aromatic carbocycles. The number of para-hydroxylation sites is 1. The van der Waals surface area contributed by atoms with E-state index >= 15 is 0 Å². The van der Waals surface area contributed by atoms with Crippen LogP contribution in [-0.4, -0.2) is 61.0 Å². The van der Waals surface area contributed by atoms with Crippen LogP contribution in [0.3, 0.4) is 0 Å². The van der Waals surface area contributed by atoms with Crippen molar-refractivity contribution in [1.82, 2.24) is 19.9 Å². The molecule has 2 amide bonds. The minimum atomic E-state index is -4.20. The highest BCUT2D eigenvalue weighted by atomic mass is 35.5. The summed E-state index contributed by atoms with van der Waals surface area (Å²) in [6.07, 6.45) is 0.812. The van der Waals surface area contributed by atoms with Crippen LogP contribution in [-0.2, 0) is 21.4 Å². The van der Waals surface area contributed by atoms with Crippen LogP contribution in [0.2, 0.25) is 10.0 Å². The number of hydrogen-bond donors (Lipinski definition) is 4. The van der Waals surface area contributed by atoms with Crippen LogP contribution in [0.4, 0.5) is 0 Å². The number of nitrogens with zero attached hydrogens (tertiary/aromatic N) is 2. The molecule has 2 heterocycles. The first kappa shape index (κ1) is 34.1. The van der Waals surface area contributed by atoms with E-state index in [1.807, 2.05) is 32.0 Å². The van der Waals surface area contributed by atoms with Gasteiger partial charge in [-0.2, -0.15) is 4.31 Å². The average Bonchev–Trinajstić information content (AvgIpc) is 3.54. The van der Waals surface area contributed by atoms with E-state index in [-0.39, 0.29) is 52.9 Å². The topological polar surface area (TPSA) is 168 Å². The second-order valence-corrected chi connectivity index (χ2v) is 13.8. The van der Waals surface area contributed by atoms with Crippen LogP contribution in [0.5, 0.6) is 5.75 Å². The molecule has 1 aliphatic rings. The summed E-state index contributed by atoms with van der Waals surface area (Å²) < 4.78 is 35.0. The van der Waals surface area contributed by atoms with Gasteiger partial charge in [0.05, 0.1) is 5.02 Å². The number of carbonyl (C=O) groups is 2. The maximum absolute atomic E-state index is 13.9. The highest BCUT2D eigenvalue weighted by molar-refractivity contribution is 7.89. The van der Waals surface area contributed by atoms with Gasteiger partial charge in [-0.3, -0.25) is 15.0 Å². The van der Waals surface area contributed by atoms with Crippen molar-refractivity contribution in [2.75, 3.05) is 19.6 Å². The SMILES string of the molecule is Cc1cc(C)c2cccc(OCc3c(Cl)ccc(S(=O)(=O)N4CCC[C@H]4C(=O)NCCNC(=O)c4ccc(C(=N)N)cc4)c3Cl)c2n1. The third kappa shape index (κ3) is 7.36. The molecule has 0 unspecified atom stereocenters. The Balaban J connectivity index is 1.25. The number of fused-ring (bicyclic) bond motifs is 1. The Kier molecular flexibility index (Phi) is 10.4. The highest BCUT2D eigenvalue weighted by Crippen LogP contribution is 2.36. The third-order valence-corrected chi connectivity index (χ3v) is 10.8. The van der Waals surface area contributed by atoms with E-state index in [9.17, 15) is 18.0 Å². The standard InChI is InChI=1S/C33H34Cl2N6O5S/c1-19-17-20(2)40-30-23(19)5-3-7-27(30)46-18-24-25(34)12-13-28(29(24)35)47(44,45)41-16-4-6-26(41)33(43)39-15-14-38-32(42)22-10-8-21(9-11-22)31(36)37/h3,5,7-13,17,26H,4,6,14-16,18H2,1-2H3,(H3,36,37)(H,38,42)(H,39,43)/t26-/m0/s1. The van der Waals surface area contributed by atoms with Crippen LogP contribution >= 0.6 is 23.2 Å². The number of aromatic nitrogens is 1. The number of sulfonamides is 1. The number of pyridine rings is 1. The Labute approximate surface area is 283 Å². The van der Waals surface area contributed by atoms with Crippen molar-refractivity contribution < 1.29 is 22.7 Å². The van der Waals surface area contributed by atoms with E-state index in [4.69, 9.17) is 39.1 Å². The minimum absolute atomic E-state index is 0.0804. The molecule has 47 heavy (non-hydrogen) atoms. The predicted octanol–water partition coefficient (Wildman–Crippen LogP) is 4.72. The largest absolute Gasteiger partial charge is 0.487 e. The molecule has 0 radical (unpaired) electrons. The Hall–Kier alpha value is -4.23. The van der Waals surface area contributed by atoms with Gasteiger partial charge in [-0.05, 0) is 68.7 Å². The first-order valence-corrected chi connectivity index (χ1v) is 17.1.